The van der Waals surface area contributed by atoms with Crippen molar-refractivity contribution >= 4 is 103 Å². The second kappa shape index (κ2) is 22.8. The van der Waals surface area contributed by atoms with Crippen LogP contribution in [0, 0.1) is 0 Å². The van der Waals surface area contributed by atoms with Crippen LogP contribution in [0.4, 0.5) is 0 Å². The van der Waals surface area contributed by atoms with Crippen molar-refractivity contribution in [3.8, 4) is 32.4 Å². The summed E-state index contributed by atoms with van der Waals surface area (Å²) in [4.78, 5) is 121. The molecule has 2 aliphatic heterocycles. The summed E-state index contributed by atoms with van der Waals surface area (Å²) in [6.45, 7) is -1.36. The fourth-order valence-corrected chi connectivity index (χ4v) is 14.2. The van der Waals surface area contributed by atoms with Crippen LogP contribution in [0.1, 0.15) is 84.6 Å². The molecule has 16 heteroatoms. The van der Waals surface area contributed by atoms with E-state index >= 15 is 19.2 Å². The molecule has 92 heavy (non-hydrogen) atoms. The number of fused-ring (bicyclic) bond motifs is 10. The van der Waals surface area contributed by atoms with Crippen molar-refractivity contribution in [3.63, 3.8) is 0 Å². The summed E-state index contributed by atoms with van der Waals surface area (Å²) in [6, 6.07) is 62.4. The highest BCUT2D eigenvalue weighted by molar-refractivity contribution is 7.17. The molecule has 2 aromatic heterocycles. The average Bonchev–Trinajstić information content (AvgIpc) is 1.14. The van der Waals surface area contributed by atoms with Gasteiger partial charge in [0.25, 0.3) is 0 Å². The van der Waals surface area contributed by atoms with Gasteiger partial charge in [-0.25, -0.2) is 19.2 Å². The van der Waals surface area contributed by atoms with Crippen LogP contribution in [-0.2, 0) is 75.8 Å². The van der Waals surface area contributed by atoms with Gasteiger partial charge >= 0.3 is 35.1 Å². The SMILES string of the molecule is O=C1C(=Cc2cc3c(s2)-c2cc4c(cc2C(C(=O)OCc2ccccc2)(C(=O)OCc2ccccc2)O3)-c2sc(C=C3C(=O)c5cc6ccccc6cc5C3=O)cc2OC4(C(=O)OCc2ccccc2)C(=O)OCc2ccccc2)C(=O)c2cc3ccccc3cc21. The zero-order valence-corrected chi connectivity index (χ0v) is 49.9. The number of allylic oxidation sites excluding steroid dienone is 2. The minimum absolute atomic E-state index is 0.0425. The molecular formula is C76H46O14S2. The van der Waals surface area contributed by atoms with E-state index in [1.54, 1.807) is 146 Å². The molecule has 0 fully saturated rings. The molecule has 2 aliphatic carbocycles. The van der Waals surface area contributed by atoms with Crippen LogP contribution >= 0.6 is 22.7 Å². The Labute approximate surface area is 532 Å². The number of hydrogen-bond acceptors (Lipinski definition) is 16. The summed E-state index contributed by atoms with van der Waals surface area (Å²) >= 11 is 2.06. The predicted octanol–water partition coefficient (Wildman–Crippen LogP) is 14.5. The minimum Gasteiger partial charge on any atom is -0.458 e. The van der Waals surface area contributed by atoms with Gasteiger partial charge in [0.1, 0.15) is 37.9 Å². The Kier molecular flexibility index (Phi) is 14.2. The lowest BCUT2D eigenvalue weighted by Gasteiger charge is -2.39. The Morgan fingerprint density at radius 3 is 0.870 bits per heavy atom. The molecule has 15 rings (SSSR count). The third-order valence-corrected chi connectivity index (χ3v) is 18.9. The van der Waals surface area contributed by atoms with Gasteiger partial charge in [0.2, 0.25) is 0 Å². The van der Waals surface area contributed by atoms with E-state index in [0.29, 0.717) is 22.3 Å². The van der Waals surface area contributed by atoms with Gasteiger partial charge in [-0.15, -0.1) is 22.7 Å². The lowest BCUT2D eigenvalue weighted by atomic mass is 9.78. The van der Waals surface area contributed by atoms with E-state index in [1.165, 1.54) is 36.4 Å². The van der Waals surface area contributed by atoms with Crippen LogP contribution in [0.3, 0.4) is 0 Å². The van der Waals surface area contributed by atoms with Crippen molar-refractivity contribution in [1.82, 2.24) is 0 Å². The normalized spacial score (nSPS) is 14.4. The number of carbonyl (C=O) groups excluding carboxylic acids is 8. The average molecular weight is 1250 g/mol. The molecule has 0 bridgehead atoms. The van der Waals surface area contributed by atoms with Gasteiger partial charge in [0.05, 0.1) is 20.9 Å². The first-order valence-corrected chi connectivity index (χ1v) is 30.9. The molecular weight excluding hydrogens is 1200 g/mol. The van der Waals surface area contributed by atoms with Crippen molar-refractivity contribution < 1.29 is 66.8 Å². The third kappa shape index (κ3) is 9.71. The largest absolute Gasteiger partial charge is 0.458 e. The highest BCUT2D eigenvalue weighted by atomic mass is 32.1. The van der Waals surface area contributed by atoms with Gasteiger partial charge in [-0.1, -0.05) is 170 Å². The van der Waals surface area contributed by atoms with E-state index in [1.807, 2.05) is 48.5 Å². The number of hydrogen-bond donors (Lipinski definition) is 0. The van der Waals surface area contributed by atoms with Crippen LogP contribution in [0.5, 0.6) is 11.5 Å². The number of rotatable bonds is 14. The fourth-order valence-electron chi connectivity index (χ4n) is 12.1. The Balaban J connectivity index is 0.956. The van der Waals surface area contributed by atoms with Crippen LogP contribution in [0.15, 0.2) is 230 Å². The first-order chi connectivity index (χ1) is 44.8. The molecule has 4 aliphatic rings. The molecule has 11 aromatic rings. The predicted molar refractivity (Wildman–Crippen MR) is 344 cm³/mol. The van der Waals surface area contributed by atoms with Gasteiger partial charge in [0, 0.05) is 54.3 Å². The van der Waals surface area contributed by atoms with E-state index in [4.69, 9.17) is 28.4 Å². The summed E-state index contributed by atoms with van der Waals surface area (Å²) in [5, 5.41) is 3.05. The standard InChI is InChI=1S/C76H46O14S2/c77-65-53-29-47-25-13-14-26-48(47)30-54(53)66(78)59(65)33-51-35-63-69(91-51)57-38-62-58(37-61(57)75(89-63,71(81)85-39-43-17-5-1-6-18-43)72(82)86-40-44-19-7-2-8-20-44)70-64(36-52(92-70)34-60-67(79)55-31-49-27-15-16-28-50(49)32-56(55)68(60)80)90-76(62,73(83)87-41-45-21-9-3-10-22-45)74(84)88-42-46-23-11-4-12-24-46/h1-38H,39-42H2. The molecule has 446 valence electrons. The maximum Gasteiger partial charge on any atom is 0.367 e. The van der Waals surface area contributed by atoms with Gasteiger partial charge in [-0.3, -0.25) is 19.2 Å². The molecule has 0 saturated carbocycles. The Morgan fingerprint density at radius 2 is 0.598 bits per heavy atom. The third-order valence-electron chi connectivity index (χ3n) is 16.7. The summed E-state index contributed by atoms with van der Waals surface area (Å²) in [6.07, 6.45) is 2.85. The van der Waals surface area contributed by atoms with Crippen molar-refractivity contribution in [2.24, 2.45) is 0 Å². The summed E-state index contributed by atoms with van der Waals surface area (Å²) < 4.78 is 38.4. The summed E-state index contributed by atoms with van der Waals surface area (Å²) in [5.41, 5.74) is -3.14. The zero-order valence-electron chi connectivity index (χ0n) is 48.3. The Bertz CT molecular complexity index is 4500. The van der Waals surface area contributed by atoms with Gasteiger partial charge in [-0.2, -0.15) is 0 Å². The number of thiophene rings is 2. The highest BCUT2D eigenvalue weighted by Gasteiger charge is 2.62. The first-order valence-electron chi connectivity index (χ1n) is 29.2. The monoisotopic (exact) mass is 1250 g/mol. The maximum absolute atomic E-state index is 15.8. The van der Waals surface area contributed by atoms with Crippen LogP contribution in [0.25, 0.3) is 54.6 Å². The van der Waals surface area contributed by atoms with Crippen molar-refractivity contribution in [2.45, 2.75) is 37.6 Å². The number of benzene rings is 9. The van der Waals surface area contributed by atoms with Crippen LogP contribution < -0.4 is 9.47 Å². The van der Waals surface area contributed by atoms with Crippen molar-refractivity contribution in [2.75, 3.05) is 0 Å². The van der Waals surface area contributed by atoms with Gasteiger partial charge in [0.15, 0.2) is 23.1 Å². The second-order valence-corrected chi connectivity index (χ2v) is 24.5. The number of ketones is 4. The second-order valence-electron chi connectivity index (χ2n) is 22.4. The molecule has 0 amide bonds. The molecule has 4 heterocycles. The van der Waals surface area contributed by atoms with Crippen molar-refractivity contribution in [3.05, 3.63) is 295 Å². The molecule has 0 radical (unpaired) electrons. The summed E-state index contributed by atoms with van der Waals surface area (Å²) in [7, 11) is 0. The van der Waals surface area contributed by atoms with E-state index < -0.39 is 58.2 Å². The van der Waals surface area contributed by atoms with E-state index in [9.17, 15) is 19.2 Å². The topological polar surface area (TPSA) is 192 Å². The highest BCUT2D eigenvalue weighted by Crippen LogP contribution is 2.58. The molecule has 0 spiro atoms. The number of esters is 4. The molecule has 0 atom stereocenters. The quantitative estimate of drug-likeness (QED) is 0.0328. The number of carbonyl (C=O) groups is 8. The minimum atomic E-state index is -2.86. The van der Waals surface area contributed by atoms with Crippen molar-refractivity contribution in [1.29, 1.82) is 0 Å². The summed E-state index contributed by atoms with van der Waals surface area (Å²) in [5.74, 6) is -7.15. The van der Waals surface area contributed by atoms with Crippen LogP contribution in [-0.4, -0.2) is 47.0 Å². The van der Waals surface area contributed by atoms with E-state index in [2.05, 4.69) is 0 Å². The van der Waals surface area contributed by atoms with Gasteiger partial charge < -0.3 is 28.4 Å². The fraction of sp³-hybridized carbons (Fsp3) is 0.0789. The van der Waals surface area contributed by atoms with E-state index in [-0.39, 0.29) is 113 Å². The molecule has 0 N–H and O–H groups in total. The van der Waals surface area contributed by atoms with E-state index in [0.717, 1.165) is 44.2 Å². The molecule has 9 aromatic carbocycles. The first kappa shape index (κ1) is 57.0. The zero-order chi connectivity index (χ0) is 62.8. The molecule has 0 saturated heterocycles. The Hall–Kier alpha value is -11.5. The number of ether oxygens (including phenoxy) is 6. The maximum atomic E-state index is 15.8. The van der Waals surface area contributed by atoms with Gasteiger partial charge in [-0.05, 0) is 104 Å². The Morgan fingerprint density at radius 1 is 0.337 bits per heavy atom. The van der Waals surface area contributed by atoms with Crippen LogP contribution in [0.2, 0.25) is 0 Å². The lowest BCUT2D eigenvalue weighted by Crippen LogP contribution is -2.54. The molecule has 0 unspecified atom stereocenters. The smallest absolute Gasteiger partial charge is 0.367 e. The lowest BCUT2D eigenvalue weighted by molar-refractivity contribution is -0.185. The molecule has 14 nitrogen and oxygen atoms in total. The number of Topliss-reactive ketones (excluding diaryl/α,β-unsaturated/α-hetero) is 4.